The van der Waals surface area contributed by atoms with E-state index in [1.165, 1.54) is 6.07 Å². The highest BCUT2D eigenvalue weighted by molar-refractivity contribution is 5.45. The Kier molecular flexibility index (Phi) is 1.98. The Morgan fingerprint density at radius 1 is 1.46 bits per heavy atom. The molecule has 0 spiro atoms. The predicted octanol–water partition coefficient (Wildman–Crippen LogP) is 1.14. The molecule has 0 aliphatic carbocycles. The van der Waals surface area contributed by atoms with Gasteiger partial charge in [-0.2, -0.15) is 0 Å². The summed E-state index contributed by atoms with van der Waals surface area (Å²) < 4.78 is 15.6. The molecule has 0 aromatic heterocycles. The van der Waals surface area contributed by atoms with Gasteiger partial charge in [0.05, 0.1) is 0 Å². The van der Waals surface area contributed by atoms with E-state index in [1.807, 2.05) is 0 Å². The van der Waals surface area contributed by atoms with Crippen molar-refractivity contribution in [2.24, 2.45) is 0 Å². The molecular weight excluding hydrogens is 172 g/mol. The van der Waals surface area contributed by atoms with Crippen LogP contribution in [0.4, 0.5) is 0 Å². The van der Waals surface area contributed by atoms with E-state index in [0.29, 0.717) is 18.1 Å². The Hall–Kier alpha value is -1.42. The van der Waals surface area contributed by atoms with Crippen LogP contribution in [-0.2, 0) is 4.74 Å². The summed E-state index contributed by atoms with van der Waals surface area (Å²) in [5.74, 6) is 1.31. The summed E-state index contributed by atoms with van der Waals surface area (Å²) in [7, 11) is 1.55. The minimum absolute atomic E-state index is 0.165. The minimum atomic E-state index is -0.364. The lowest BCUT2D eigenvalue weighted by Crippen LogP contribution is -2.30. The van der Waals surface area contributed by atoms with Gasteiger partial charge in [0, 0.05) is 13.2 Å². The molecule has 0 saturated heterocycles. The second-order valence-corrected chi connectivity index (χ2v) is 2.73. The average Bonchev–Trinajstić information content (AvgIpc) is 2.17. The lowest BCUT2D eigenvalue weighted by molar-refractivity contribution is -0.0943. The standard InChI is InChI=1S/C9H10O4/c1-11-9-5-12-8-4-6(10)2-3-7(8)13-9/h2-4,9-10H,5H2,1H3/t9-/m1/s1. The van der Waals surface area contributed by atoms with E-state index in [1.54, 1.807) is 19.2 Å². The molecule has 1 aromatic rings. The SMILES string of the molecule is CO[C@H]1COc2cc(O)ccc2O1. The summed E-state index contributed by atoms with van der Waals surface area (Å²) >= 11 is 0. The monoisotopic (exact) mass is 182 g/mol. The van der Waals surface area contributed by atoms with Crippen LogP contribution in [0.15, 0.2) is 18.2 Å². The predicted molar refractivity (Wildman–Crippen MR) is 45.0 cm³/mol. The largest absolute Gasteiger partial charge is 0.508 e. The van der Waals surface area contributed by atoms with E-state index < -0.39 is 0 Å². The molecule has 1 N–H and O–H groups in total. The van der Waals surface area contributed by atoms with E-state index in [4.69, 9.17) is 19.3 Å². The highest BCUT2D eigenvalue weighted by Crippen LogP contribution is 2.34. The van der Waals surface area contributed by atoms with Crippen molar-refractivity contribution in [3.63, 3.8) is 0 Å². The summed E-state index contributed by atoms with van der Waals surface area (Å²) in [4.78, 5) is 0. The third-order valence-electron chi connectivity index (χ3n) is 1.82. The Morgan fingerprint density at radius 3 is 3.08 bits per heavy atom. The molecule has 4 nitrogen and oxygen atoms in total. The zero-order valence-electron chi connectivity index (χ0n) is 7.19. The van der Waals surface area contributed by atoms with Crippen molar-refractivity contribution in [1.82, 2.24) is 0 Å². The number of aromatic hydroxyl groups is 1. The van der Waals surface area contributed by atoms with Crippen molar-refractivity contribution in [2.75, 3.05) is 13.7 Å². The first-order valence-electron chi connectivity index (χ1n) is 3.95. The van der Waals surface area contributed by atoms with Gasteiger partial charge in [-0.05, 0) is 12.1 Å². The van der Waals surface area contributed by atoms with Gasteiger partial charge in [0.25, 0.3) is 0 Å². The third kappa shape index (κ3) is 1.53. The summed E-state index contributed by atoms with van der Waals surface area (Å²) in [6, 6.07) is 4.71. The van der Waals surface area contributed by atoms with Crippen LogP contribution in [0, 0.1) is 0 Å². The van der Waals surface area contributed by atoms with Crippen molar-refractivity contribution in [1.29, 1.82) is 0 Å². The summed E-state index contributed by atoms with van der Waals surface area (Å²) in [6.07, 6.45) is -0.364. The van der Waals surface area contributed by atoms with Gasteiger partial charge < -0.3 is 19.3 Å². The second kappa shape index (κ2) is 3.14. The van der Waals surface area contributed by atoms with Gasteiger partial charge in [-0.15, -0.1) is 0 Å². The highest BCUT2D eigenvalue weighted by atomic mass is 16.7. The van der Waals surface area contributed by atoms with Crippen LogP contribution in [0.5, 0.6) is 17.2 Å². The van der Waals surface area contributed by atoms with Crippen molar-refractivity contribution in [3.8, 4) is 17.2 Å². The van der Waals surface area contributed by atoms with Crippen LogP contribution in [0.25, 0.3) is 0 Å². The maximum absolute atomic E-state index is 9.14. The van der Waals surface area contributed by atoms with Gasteiger partial charge in [-0.3, -0.25) is 0 Å². The zero-order chi connectivity index (χ0) is 9.26. The first-order chi connectivity index (χ1) is 6.29. The molecule has 0 saturated carbocycles. The number of phenols is 1. The molecule has 0 unspecified atom stereocenters. The maximum atomic E-state index is 9.14. The number of hydrogen-bond acceptors (Lipinski definition) is 4. The van der Waals surface area contributed by atoms with Crippen molar-refractivity contribution in [2.45, 2.75) is 6.29 Å². The van der Waals surface area contributed by atoms with Crippen LogP contribution in [0.2, 0.25) is 0 Å². The summed E-state index contributed by atoms with van der Waals surface area (Å²) in [5.41, 5.74) is 0. The average molecular weight is 182 g/mol. The summed E-state index contributed by atoms with van der Waals surface area (Å²) in [5, 5.41) is 9.14. The molecule has 2 rings (SSSR count). The van der Waals surface area contributed by atoms with Gasteiger partial charge in [0.15, 0.2) is 18.1 Å². The van der Waals surface area contributed by atoms with Crippen molar-refractivity contribution in [3.05, 3.63) is 18.2 Å². The Balaban J connectivity index is 2.26. The quantitative estimate of drug-likeness (QED) is 0.707. The van der Waals surface area contributed by atoms with Crippen LogP contribution < -0.4 is 9.47 Å². The van der Waals surface area contributed by atoms with E-state index in [-0.39, 0.29) is 12.0 Å². The smallest absolute Gasteiger partial charge is 0.234 e. The molecule has 0 fully saturated rings. The number of hydrogen-bond donors (Lipinski definition) is 1. The molecular formula is C9H10O4. The van der Waals surface area contributed by atoms with E-state index >= 15 is 0 Å². The third-order valence-corrected chi connectivity index (χ3v) is 1.82. The number of benzene rings is 1. The molecule has 1 aliphatic rings. The van der Waals surface area contributed by atoms with Crippen LogP contribution in [0.3, 0.4) is 0 Å². The normalized spacial score (nSPS) is 19.9. The number of ether oxygens (including phenoxy) is 3. The van der Waals surface area contributed by atoms with Crippen molar-refractivity contribution >= 4 is 0 Å². The number of methoxy groups -OCH3 is 1. The zero-order valence-corrected chi connectivity index (χ0v) is 7.19. The second-order valence-electron chi connectivity index (χ2n) is 2.73. The fraction of sp³-hybridized carbons (Fsp3) is 0.333. The molecule has 4 heteroatoms. The summed E-state index contributed by atoms with van der Waals surface area (Å²) in [6.45, 7) is 0.340. The van der Waals surface area contributed by atoms with Gasteiger partial charge in [0.2, 0.25) is 6.29 Å². The minimum Gasteiger partial charge on any atom is -0.508 e. The highest BCUT2D eigenvalue weighted by Gasteiger charge is 2.20. The van der Waals surface area contributed by atoms with Gasteiger partial charge in [-0.1, -0.05) is 0 Å². The Labute approximate surface area is 75.7 Å². The lowest BCUT2D eigenvalue weighted by atomic mass is 10.3. The Bertz CT molecular complexity index is 310. The van der Waals surface area contributed by atoms with Crippen LogP contribution in [-0.4, -0.2) is 25.1 Å². The number of phenolic OH excluding ortho intramolecular Hbond substituents is 1. The molecule has 0 bridgehead atoms. The van der Waals surface area contributed by atoms with E-state index in [0.717, 1.165) is 0 Å². The topological polar surface area (TPSA) is 47.9 Å². The van der Waals surface area contributed by atoms with Crippen LogP contribution in [0.1, 0.15) is 0 Å². The molecule has 13 heavy (non-hydrogen) atoms. The van der Waals surface area contributed by atoms with Gasteiger partial charge in [-0.25, -0.2) is 0 Å². The van der Waals surface area contributed by atoms with Gasteiger partial charge >= 0.3 is 0 Å². The first-order valence-corrected chi connectivity index (χ1v) is 3.95. The molecule has 70 valence electrons. The van der Waals surface area contributed by atoms with E-state index in [2.05, 4.69) is 0 Å². The fourth-order valence-electron chi connectivity index (χ4n) is 1.16. The molecule has 0 amide bonds. The molecule has 1 heterocycles. The maximum Gasteiger partial charge on any atom is 0.234 e. The molecule has 1 aromatic carbocycles. The molecule has 0 radical (unpaired) electrons. The first kappa shape index (κ1) is 8.19. The number of rotatable bonds is 1. The number of fused-ring (bicyclic) bond motifs is 1. The van der Waals surface area contributed by atoms with E-state index in [9.17, 15) is 0 Å². The van der Waals surface area contributed by atoms with Gasteiger partial charge in [0.1, 0.15) is 5.75 Å². The lowest BCUT2D eigenvalue weighted by Gasteiger charge is -2.24. The Morgan fingerprint density at radius 2 is 2.31 bits per heavy atom. The van der Waals surface area contributed by atoms with Crippen molar-refractivity contribution < 1.29 is 19.3 Å². The fourth-order valence-corrected chi connectivity index (χ4v) is 1.16. The molecule has 1 atom stereocenters. The van der Waals surface area contributed by atoms with Crippen LogP contribution >= 0.6 is 0 Å². The molecule has 1 aliphatic heterocycles.